The molecule has 30 heavy (non-hydrogen) atoms. The Labute approximate surface area is 179 Å². The normalized spacial score (nSPS) is 14.0. The fourth-order valence-electron chi connectivity index (χ4n) is 3.35. The molecule has 0 aromatic heterocycles. The van der Waals surface area contributed by atoms with E-state index in [4.69, 9.17) is 4.74 Å². The molecule has 0 saturated carbocycles. The van der Waals surface area contributed by atoms with Crippen molar-refractivity contribution in [2.45, 2.75) is 12.8 Å². The SMILES string of the molecule is C=CCN(C)CC=CCOc1ccc2c(c1)CCCN2S(=O)(=O)Nc1ccccc1. The van der Waals surface area contributed by atoms with E-state index in [9.17, 15) is 8.42 Å². The van der Waals surface area contributed by atoms with E-state index < -0.39 is 10.2 Å². The molecule has 2 aromatic rings. The van der Waals surface area contributed by atoms with Crippen LogP contribution in [0.1, 0.15) is 12.0 Å². The summed E-state index contributed by atoms with van der Waals surface area (Å²) in [7, 11) is -1.65. The Morgan fingerprint density at radius 2 is 1.97 bits per heavy atom. The van der Waals surface area contributed by atoms with Crippen LogP contribution in [-0.2, 0) is 16.6 Å². The molecule has 1 aliphatic heterocycles. The highest BCUT2D eigenvalue weighted by molar-refractivity contribution is 7.94. The maximum atomic E-state index is 12.9. The molecule has 0 atom stereocenters. The zero-order valence-corrected chi connectivity index (χ0v) is 18.1. The number of rotatable bonds is 10. The van der Waals surface area contributed by atoms with Gasteiger partial charge in [0.05, 0.1) is 11.4 Å². The third-order valence-corrected chi connectivity index (χ3v) is 6.26. The highest BCUT2D eigenvalue weighted by Gasteiger charge is 2.27. The monoisotopic (exact) mass is 427 g/mol. The maximum Gasteiger partial charge on any atom is 0.323 e. The second-order valence-corrected chi connectivity index (χ2v) is 8.83. The average molecular weight is 428 g/mol. The standard InChI is InChI=1S/C23H29N3O3S/c1-3-15-25(2)16-7-8-18-29-22-13-14-23-20(19-22)10-9-17-26(23)30(27,28)24-21-11-5-4-6-12-21/h3-8,11-14,19,24H,1,9-10,15-18H2,2H3. The molecule has 0 unspecified atom stereocenters. The van der Waals surface area contributed by atoms with Gasteiger partial charge in [0.1, 0.15) is 12.4 Å². The molecule has 0 spiro atoms. The van der Waals surface area contributed by atoms with Crippen molar-refractivity contribution in [2.75, 3.05) is 42.3 Å². The molecule has 160 valence electrons. The minimum Gasteiger partial charge on any atom is -0.490 e. The van der Waals surface area contributed by atoms with Crippen LogP contribution in [0.2, 0.25) is 0 Å². The molecule has 0 radical (unpaired) electrons. The zero-order valence-electron chi connectivity index (χ0n) is 17.3. The van der Waals surface area contributed by atoms with Crippen molar-refractivity contribution in [2.24, 2.45) is 0 Å². The average Bonchev–Trinajstić information content (AvgIpc) is 2.73. The number of hydrogen-bond acceptors (Lipinski definition) is 4. The van der Waals surface area contributed by atoms with E-state index in [-0.39, 0.29) is 0 Å². The Hall–Kier alpha value is -2.77. The van der Waals surface area contributed by atoms with E-state index in [1.54, 1.807) is 24.3 Å². The minimum atomic E-state index is -3.68. The van der Waals surface area contributed by atoms with E-state index in [0.29, 0.717) is 24.5 Å². The molecule has 0 aliphatic carbocycles. The van der Waals surface area contributed by atoms with E-state index in [1.165, 1.54) is 4.31 Å². The van der Waals surface area contributed by atoms with Crippen molar-refractivity contribution in [1.82, 2.24) is 4.90 Å². The summed E-state index contributed by atoms with van der Waals surface area (Å²) in [5, 5.41) is 0. The lowest BCUT2D eigenvalue weighted by atomic mass is 10.0. The molecule has 1 aliphatic rings. The molecule has 3 rings (SSSR count). The quantitative estimate of drug-likeness (QED) is 0.585. The summed E-state index contributed by atoms with van der Waals surface area (Å²) in [5.41, 5.74) is 2.24. The Morgan fingerprint density at radius 3 is 2.73 bits per heavy atom. The first kappa shape index (κ1) is 21.9. The Kier molecular flexibility index (Phi) is 7.54. The molecule has 0 amide bonds. The summed E-state index contributed by atoms with van der Waals surface area (Å²) < 4.78 is 35.7. The van der Waals surface area contributed by atoms with Crippen molar-refractivity contribution in [3.05, 3.63) is 78.9 Å². The number of nitrogens with zero attached hydrogens (tertiary/aromatic N) is 2. The lowest BCUT2D eigenvalue weighted by Crippen LogP contribution is -2.39. The first-order valence-electron chi connectivity index (χ1n) is 10.1. The van der Waals surface area contributed by atoms with E-state index in [1.807, 2.05) is 43.5 Å². The Balaban J connectivity index is 1.64. The van der Waals surface area contributed by atoms with Gasteiger partial charge in [0, 0.05) is 19.6 Å². The first-order valence-corrected chi connectivity index (χ1v) is 11.5. The number of ether oxygens (including phenoxy) is 1. The van der Waals surface area contributed by atoms with E-state index in [2.05, 4.69) is 22.3 Å². The van der Waals surface area contributed by atoms with Crippen molar-refractivity contribution in [3.8, 4) is 5.75 Å². The van der Waals surface area contributed by atoms with Crippen LogP contribution in [0.3, 0.4) is 0 Å². The molecular formula is C23H29N3O3S. The summed E-state index contributed by atoms with van der Waals surface area (Å²) in [4.78, 5) is 2.14. The van der Waals surface area contributed by atoms with Gasteiger partial charge in [-0.05, 0) is 55.8 Å². The summed E-state index contributed by atoms with van der Waals surface area (Å²) in [6.45, 7) is 6.33. The fraction of sp³-hybridized carbons (Fsp3) is 0.304. The van der Waals surface area contributed by atoms with Crippen LogP contribution in [0.4, 0.5) is 11.4 Å². The maximum absolute atomic E-state index is 12.9. The Morgan fingerprint density at radius 1 is 1.17 bits per heavy atom. The third-order valence-electron chi connectivity index (χ3n) is 4.81. The lowest BCUT2D eigenvalue weighted by Gasteiger charge is -2.30. The molecule has 0 saturated heterocycles. The second kappa shape index (κ2) is 10.3. The van der Waals surface area contributed by atoms with Gasteiger partial charge in [-0.1, -0.05) is 36.4 Å². The van der Waals surface area contributed by atoms with Crippen molar-refractivity contribution >= 4 is 21.6 Å². The van der Waals surface area contributed by atoms with Gasteiger partial charge < -0.3 is 4.74 Å². The zero-order chi connectivity index (χ0) is 21.4. The number of aryl methyl sites for hydroxylation is 1. The molecule has 1 N–H and O–H groups in total. The Bertz CT molecular complexity index is 974. The molecule has 7 heteroatoms. The van der Waals surface area contributed by atoms with Crippen LogP contribution < -0.4 is 13.8 Å². The van der Waals surface area contributed by atoms with Crippen molar-refractivity contribution in [3.63, 3.8) is 0 Å². The predicted octanol–water partition coefficient (Wildman–Crippen LogP) is 3.85. The van der Waals surface area contributed by atoms with Crippen LogP contribution >= 0.6 is 0 Å². The second-order valence-electron chi connectivity index (χ2n) is 7.23. The van der Waals surface area contributed by atoms with Crippen molar-refractivity contribution < 1.29 is 13.2 Å². The number of benzene rings is 2. The molecule has 2 aromatic carbocycles. The van der Waals surface area contributed by atoms with Crippen LogP contribution in [-0.4, -0.2) is 46.6 Å². The van der Waals surface area contributed by atoms with Crippen molar-refractivity contribution in [1.29, 1.82) is 0 Å². The summed E-state index contributed by atoms with van der Waals surface area (Å²) >= 11 is 0. The summed E-state index contributed by atoms with van der Waals surface area (Å²) in [5.74, 6) is 0.744. The number of para-hydroxylation sites is 1. The molecule has 0 fully saturated rings. The summed E-state index contributed by atoms with van der Waals surface area (Å²) in [6.07, 6.45) is 7.51. The van der Waals surface area contributed by atoms with Crippen LogP contribution in [0.5, 0.6) is 5.75 Å². The number of hydrogen-bond donors (Lipinski definition) is 1. The van der Waals surface area contributed by atoms with Crippen LogP contribution in [0.15, 0.2) is 73.3 Å². The number of fused-ring (bicyclic) bond motifs is 1. The van der Waals surface area contributed by atoms with Gasteiger partial charge in [0.25, 0.3) is 0 Å². The first-order chi connectivity index (χ1) is 14.5. The molecule has 0 bridgehead atoms. The molecule has 6 nitrogen and oxygen atoms in total. The number of anilines is 2. The van der Waals surface area contributed by atoms with Gasteiger partial charge in [0.2, 0.25) is 0 Å². The van der Waals surface area contributed by atoms with Crippen LogP contribution in [0.25, 0.3) is 0 Å². The van der Waals surface area contributed by atoms with Gasteiger partial charge in [0.15, 0.2) is 0 Å². The van der Waals surface area contributed by atoms with Gasteiger partial charge in [-0.2, -0.15) is 8.42 Å². The highest BCUT2D eigenvalue weighted by Crippen LogP contribution is 2.32. The molecular weight excluding hydrogens is 398 g/mol. The smallest absolute Gasteiger partial charge is 0.323 e. The van der Waals surface area contributed by atoms with E-state index >= 15 is 0 Å². The van der Waals surface area contributed by atoms with E-state index in [0.717, 1.165) is 37.2 Å². The number of likely N-dealkylation sites (N-methyl/N-ethyl adjacent to an activating group) is 1. The predicted molar refractivity (Wildman–Crippen MR) is 123 cm³/mol. The largest absolute Gasteiger partial charge is 0.490 e. The number of nitrogens with one attached hydrogen (secondary N) is 1. The van der Waals surface area contributed by atoms with Gasteiger partial charge >= 0.3 is 10.2 Å². The van der Waals surface area contributed by atoms with Gasteiger partial charge in [-0.3, -0.25) is 13.9 Å². The van der Waals surface area contributed by atoms with Gasteiger partial charge in [-0.15, -0.1) is 6.58 Å². The van der Waals surface area contributed by atoms with Gasteiger partial charge in [-0.25, -0.2) is 0 Å². The minimum absolute atomic E-state index is 0.455. The third kappa shape index (κ3) is 5.87. The summed E-state index contributed by atoms with van der Waals surface area (Å²) in [6, 6.07) is 14.5. The molecule has 1 heterocycles. The topological polar surface area (TPSA) is 61.9 Å². The van der Waals surface area contributed by atoms with Crippen LogP contribution in [0, 0.1) is 0 Å². The lowest BCUT2D eigenvalue weighted by molar-refractivity contribution is 0.360. The fourth-order valence-corrected chi connectivity index (χ4v) is 4.70. The highest BCUT2D eigenvalue weighted by atomic mass is 32.2.